The maximum atomic E-state index is 12.5. The third-order valence-corrected chi connectivity index (χ3v) is 5.42. The van der Waals surface area contributed by atoms with Crippen LogP contribution in [0.5, 0.6) is 0 Å². The van der Waals surface area contributed by atoms with E-state index in [0.717, 1.165) is 48.7 Å². The molecule has 0 saturated carbocycles. The van der Waals surface area contributed by atoms with Gasteiger partial charge in [-0.2, -0.15) is 5.10 Å². The van der Waals surface area contributed by atoms with Crippen LogP contribution in [0.2, 0.25) is 0 Å². The molecule has 0 radical (unpaired) electrons. The minimum Gasteiger partial charge on any atom is -0.359 e. The number of carbonyl (C=O) groups excluding carboxylic acids is 2. The Kier molecular flexibility index (Phi) is 6.46. The molecule has 2 N–H and O–H groups in total. The number of hydrogen-bond acceptors (Lipinski definition) is 4. The van der Waals surface area contributed by atoms with Crippen molar-refractivity contribution in [2.45, 2.75) is 33.1 Å². The van der Waals surface area contributed by atoms with Crippen molar-refractivity contribution in [3.8, 4) is 5.69 Å². The molecule has 2 amide bonds. The van der Waals surface area contributed by atoms with E-state index in [9.17, 15) is 9.59 Å². The third kappa shape index (κ3) is 4.59. The van der Waals surface area contributed by atoms with E-state index in [0.29, 0.717) is 13.0 Å². The van der Waals surface area contributed by atoms with Crippen LogP contribution in [0.4, 0.5) is 5.69 Å². The predicted octanol–water partition coefficient (Wildman–Crippen LogP) is 2.28. The lowest BCUT2D eigenvalue weighted by Crippen LogP contribution is -2.40. The fourth-order valence-electron chi connectivity index (χ4n) is 3.73. The van der Waals surface area contributed by atoms with Crippen LogP contribution in [0, 0.1) is 19.8 Å². The molecule has 1 fully saturated rings. The van der Waals surface area contributed by atoms with Gasteiger partial charge in [-0.1, -0.05) is 18.2 Å². The molecule has 1 aliphatic rings. The Morgan fingerprint density at radius 1 is 1.14 bits per heavy atom. The Labute approximate surface area is 166 Å². The van der Waals surface area contributed by atoms with E-state index in [1.165, 1.54) is 0 Å². The lowest BCUT2D eigenvalue weighted by atomic mass is 9.96. The van der Waals surface area contributed by atoms with Gasteiger partial charge in [0.2, 0.25) is 11.8 Å². The Bertz CT molecular complexity index is 823. The molecule has 1 aromatic carbocycles. The maximum Gasteiger partial charge on any atom is 0.225 e. The smallest absolute Gasteiger partial charge is 0.225 e. The van der Waals surface area contributed by atoms with Gasteiger partial charge in [-0.25, -0.2) is 4.68 Å². The van der Waals surface area contributed by atoms with Gasteiger partial charge < -0.3 is 15.5 Å². The van der Waals surface area contributed by atoms with Gasteiger partial charge in [0.1, 0.15) is 0 Å². The Morgan fingerprint density at radius 3 is 2.46 bits per heavy atom. The van der Waals surface area contributed by atoms with Crippen molar-refractivity contribution < 1.29 is 9.59 Å². The van der Waals surface area contributed by atoms with Gasteiger partial charge >= 0.3 is 0 Å². The fourth-order valence-corrected chi connectivity index (χ4v) is 3.73. The normalized spacial score (nSPS) is 15.4. The summed E-state index contributed by atoms with van der Waals surface area (Å²) in [5.41, 5.74) is 3.49. The van der Waals surface area contributed by atoms with Crippen LogP contribution in [0.1, 0.15) is 30.7 Å². The second-order valence-corrected chi connectivity index (χ2v) is 7.32. The van der Waals surface area contributed by atoms with Crippen molar-refractivity contribution in [2.75, 3.05) is 32.0 Å². The standard InChI is InChI=1S/C21H29N5O2/c1-15-20(16(2)26(24-15)18-7-5-4-6-8-18)23-19(27)11-14-25-12-9-17(10-13-25)21(28)22-3/h4-8,17H,9-14H2,1-3H3,(H,22,28)(H,23,27). The van der Waals surface area contributed by atoms with Gasteiger partial charge in [0.15, 0.2) is 0 Å². The number of aryl methyl sites for hydroxylation is 1. The van der Waals surface area contributed by atoms with Crippen molar-refractivity contribution in [3.05, 3.63) is 41.7 Å². The van der Waals surface area contributed by atoms with Gasteiger partial charge in [-0.3, -0.25) is 9.59 Å². The first-order valence-corrected chi connectivity index (χ1v) is 9.85. The number of nitrogens with zero attached hydrogens (tertiary/aromatic N) is 3. The Morgan fingerprint density at radius 2 is 1.82 bits per heavy atom. The van der Waals surface area contributed by atoms with E-state index in [1.54, 1.807) is 7.05 Å². The summed E-state index contributed by atoms with van der Waals surface area (Å²) in [6, 6.07) is 9.89. The van der Waals surface area contributed by atoms with Gasteiger partial charge in [-0.15, -0.1) is 0 Å². The summed E-state index contributed by atoms with van der Waals surface area (Å²) >= 11 is 0. The molecule has 1 aromatic heterocycles. The van der Waals surface area contributed by atoms with Crippen LogP contribution >= 0.6 is 0 Å². The van der Waals surface area contributed by atoms with E-state index < -0.39 is 0 Å². The molecule has 7 nitrogen and oxygen atoms in total. The molecule has 0 bridgehead atoms. The van der Waals surface area contributed by atoms with Crippen LogP contribution in [0.3, 0.4) is 0 Å². The second-order valence-electron chi connectivity index (χ2n) is 7.32. The third-order valence-electron chi connectivity index (χ3n) is 5.42. The van der Waals surface area contributed by atoms with E-state index in [-0.39, 0.29) is 17.7 Å². The summed E-state index contributed by atoms with van der Waals surface area (Å²) < 4.78 is 1.86. The molecule has 1 aliphatic heterocycles. The Balaban J connectivity index is 1.53. The van der Waals surface area contributed by atoms with E-state index in [2.05, 4.69) is 20.6 Å². The lowest BCUT2D eigenvalue weighted by Gasteiger charge is -2.30. The zero-order valence-electron chi connectivity index (χ0n) is 16.9. The number of anilines is 1. The number of para-hydroxylation sites is 1. The average Bonchev–Trinajstić information content (AvgIpc) is 3.01. The molecule has 0 unspecified atom stereocenters. The number of carbonyl (C=O) groups is 2. The molecule has 0 spiro atoms. The summed E-state index contributed by atoms with van der Waals surface area (Å²) in [7, 11) is 1.68. The number of hydrogen-bond donors (Lipinski definition) is 2. The fraction of sp³-hybridized carbons (Fsp3) is 0.476. The number of rotatable bonds is 6. The lowest BCUT2D eigenvalue weighted by molar-refractivity contribution is -0.126. The minimum atomic E-state index is -0.00719. The topological polar surface area (TPSA) is 79.3 Å². The summed E-state index contributed by atoms with van der Waals surface area (Å²) in [4.78, 5) is 26.5. The molecule has 28 heavy (non-hydrogen) atoms. The molecule has 0 atom stereocenters. The highest BCUT2D eigenvalue weighted by molar-refractivity contribution is 5.92. The van der Waals surface area contributed by atoms with Crippen molar-refractivity contribution in [3.63, 3.8) is 0 Å². The van der Waals surface area contributed by atoms with Crippen molar-refractivity contribution in [1.82, 2.24) is 20.0 Å². The van der Waals surface area contributed by atoms with Crippen molar-refractivity contribution in [1.29, 1.82) is 0 Å². The number of piperidine rings is 1. The number of aromatic nitrogens is 2. The summed E-state index contributed by atoms with van der Waals surface area (Å²) in [6.45, 7) is 6.29. The van der Waals surface area contributed by atoms with Gasteiger partial charge in [-0.05, 0) is 51.9 Å². The van der Waals surface area contributed by atoms with Gasteiger partial charge in [0.05, 0.1) is 22.8 Å². The van der Waals surface area contributed by atoms with E-state index >= 15 is 0 Å². The van der Waals surface area contributed by atoms with Crippen LogP contribution in [0.15, 0.2) is 30.3 Å². The molecule has 2 aromatic rings. The highest BCUT2D eigenvalue weighted by atomic mass is 16.2. The SMILES string of the molecule is CNC(=O)C1CCN(CCC(=O)Nc2c(C)nn(-c3ccccc3)c2C)CC1. The molecule has 0 aliphatic carbocycles. The highest BCUT2D eigenvalue weighted by Crippen LogP contribution is 2.23. The minimum absolute atomic E-state index is 0.00719. The maximum absolute atomic E-state index is 12.5. The number of amides is 2. The monoisotopic (exact) mass is 383 g/mol. The zero-order chi connectivity index (χ0) is 20.1. The molecule has 3 rings (SSSR count). The van der Waals surface area contributed by atoms with Crippen LogP contribution < -0.4 is 10.6 Å². The first kappa shape index (κ1) is 20.1. The summed E-state index contributed by atoms with van der Waals surface area (Å²) in [5.74, 6) is 0.218. The first-order valence-electron chi connectivity index (χ1n) is 9.85. The number of likely N-dealkylation sites (tertiary alicyclic amines) is 1. The van der Waals surface area contributed by atoms with E-state index in [1.807, 2.05) is 48.9 Å². The average molecular weight is 383 g/mol. The summed E-state index contributed by atoms with van der Waals surface area (Å²) in [5, 5.41) is 10.3. The number of benzene rings is 1. The largest absolute Gasteiger partial charge is 0.359 e. The first-order chi connectivity index (χ1) is 13.5. The van der Waals surface area contributed by atoms with E-state index in [4.69, 9.17) is 0 Å². The van der Waals surface area contributed by atoms with Crippen molar-refractivity contribution >= 4 is 17.5 Å². The van der Waals surface area contributed by atoms with Crippen LogP contribution in [0.25, 0.3) is 5.69 Å². The predicted molar refractivity (Wildman–Crippen MR) is 110 cm³/mol. The van der Waals surface area contributed by atoms with Crippen LogP contribution in [-0.4, -0.2) is 53.2 Å². The van der Waals surface area contributed by atoms with Gasteiger partial charge in [0.25, 0.3) is 0 Å². The zero-order valence-corrected chi connectivity index (χ0v) is 16.9. The molecule has 150 valence electrons. The Hall–Kier alpha value is -2.67. The number of nitrogens with one attached hydrogen (secondary N) is 2. The van der Waals surface area contributed by atoms with Gasteiger partial charge in [0, 0.05) is 25.9 Å². The molecule has 7 heteroatoms. The van der Waals surface area contributed by atoms with Crippen LogP contribution in [-0.2, 0) is 9.59 Å². The quantitative estimate of drug-likeness (QED) is 0.802. The van der Waals surface area contributed by atoms with Crippen molar-refractivity contribution in [2.24, 2.45) is 5.92 Å². The highest BCUT2D eigenvalue weighted by Gasteiger charge is 2.24. The molecule has 2 heterocycles. The summed E-state index contributed by atoms with van der Waals surface area (Å²) in [6.07, 6.45) is 2.13. The molecule has 1 saturated heterocycles. The molecular formula is C21H29N5O2. The molecular weight excluding hydrogens is 354 g/mol. The second kappa shape index (κ2) is 9.01.